The molecule has 5 heteroatoms. The van der Waals surface area contributed by atoms with Gasteiger partial charge in [0.05, 0.1) is 17.0 Å². The Hall–Kier alpha value is -2.56. The third kappa shape index (κ3) is 2.07. The van der Waals surface area contributed by atoms with Crippen molar-refractivity contribution in [1.82, 2.24) is 0 Å². The molecule has 0 fully saturated rings. The number of rotatable bonds is 1. The Labute approximate surface area is 114 Å². The van der Waals surface area contributed by atoms with Crippen LogP contribution in [0.25, 0.3) is 0 Å². The van der Waals surface area contributed by atoms with Crippen molar-refractivity contribution in [2.75, 3.05) is 11.9 Å². The molecule has 0 bridgehead atoms. The molecule has 0 aromatic heterocycles. The van der Waals surface area contributed by atoms with Crippen LogP contribution in [0.15, 0.2) is 47.5 Å². The molecule has 100 valence electrons. The summed E-state index contributed by atoms with van der Waals surface area (Å²) in [7, 11) is 0. The van der Waals surface area contributed by atoms with Gasteiger partial charge >= 0.3 is 0 Å². The Bertz CT molecular complexity index is 705. The minimum Gasteiger partial charge on any atom is -0.324 e. The lowest BCUT2D eigenvalue weighted by Gasteiger charge is -2.11. The summed E-state index contributed by atoms with van der Waals surface area (Å²) >= 11 is 0. The Balaban J connectivity index is 2.25. The minimum absolute atomic E-state index is 0.148. The van der Waals surface area contributed by atoms with Crippen molar-refractivity contribution < 1.29 is 13.6 Å². The maximum Gasteiger partial charge on any atom is 0.246 e. The van der Waals surface area contributed by atoms with Crippen LogP contribution in [-0.4, -0.2) is 18.2 Å². The smallest absolute Gasteiger partial charge is 0.246 e. The van der Waals surface area contributed by atoms with Crippen molar-refractivity contribution in [2.24, 2.45) is 4.99 Å². The van der Waals surface area contributed by atoms with Gasteiger partial charge in [-0.3, -0.25) is 9.79 Å². The molecular weight excluding hydrogens is 262 g/mol. The molecule has 0 spiro atoms. The van der Waals surface area contributed by atoms with Crippen LogP contribution in [0.3, 0.4) is 0 Å². The van der Waals surface area contributed by atoms with Crippen LogP contribution in [0.2, 0.25) is 0 Å². The zero-order valence-corrected chi connectivity index (χ0v) is 10.4. The summed E-state index contributed by atoms with van der Waals surface area (Å²) in [6.07, 6.45) is 0. The molecule has 3 nitrogen and oxygen atoms in total. The third-order valence-electron chi connectivity index (χ3n) is 3.04. The number of benzene rings is 2. The Morgan fingerprint density at radius 1 is 1.00 bits per heavy atom. The van der Waals surface area contributed by atoms with Gasteiger partial charge in [-0.1, -0.05) is 24.3 Å². The molecule has 0 saturated heterocycles. The number of anilines is 1. The van der Waals surface area contributed by atoms with E-state index in [1.807, 2.05) is 0 Å². The van der Waals surface area contributed by atoms with Gasteiger partial charge in [-0.05, 0) is 18.2 Å². The van der Waals surface area contributed by atoms with Gasteiger partial charge < -0.3 is 5.32 Å². The predicted molar refractivity (Wildman–Crippen MR) is 71.9 cm³/mol. The highest BCUT2D eigenvalue weighted by Gasteiger charge is 2.22. The average molecular weight is 272 g/mol. The normalized spacial score (nSPS) is 14.1. The molecule has 1 heterocycles. The number of aliphatic imine (C=N–C) groups is 1. The number of para-hydroxylation sites is 1. The summed E-state index contributed by atoms with van der Waals surface area (Å²) in [6.45, 7) is -0.169. The highest BCUT2D eigenvalue weighted by molar-refractivity contribution is 6.19. The second-order valence-corrected chi connectivity index (χ2v) is 4.36. The molecule has 2 aromatic rings. The van der Waals surface area contributed by atoms with Crippen LogP contribution in [0.1, 0.15) is 11.1 Å². The van der Waals surface area contributed by atoms with Gasteiger partial charge in [0.2, 0.25) is 5.91 Å². The van der Waals surface area contributed by atoms with Crippen LogP contribution in [0.5, 0.6) is 0 Å². The zero-order valence-electron chi connectivity index (χ0n) is 10.4. The molecule has 0 unspecified atom stereocenters. The zero-order chi connectivity index (χ0) is 14.1. The number of nitrogens with one attached hydrogen (secondary N) is 1. The number of hydrogen-bond acceptors (Lipinski definition) is 2. The number of halogens is 2. The fourth-order valence-electron chi connectivity index (χ4n) is 2.16. The predicted octanol–water partition coefficient (Wildman–Crippen LogP) is 2.75. The van der Waals surface area contributed by atoms with Crippen molar-refractivity contribution in [3.63, 3.8) is 0 Å². The van der Waals surface area contributed by atoms with E-state index in [9.17, 15) is 13.6 Å². The van der Waals surface area contributed by atoms with Gasteiger partial charge in [0, 0.05) is 5.56 Å². The van der Waals surface area contributed by atoms with Gasteiger partial charge in [-0.15, -0.1) is 0 Å². The lowest BCUT2D eigenvalue weighted by Crippen LogP contribution is -2.13. The summed E-state index contributed by atoms with van der Waals surface area (Å²) in [5, 5.41) is 2.66. The number of carbonyl (C=O) groups is 1. The molecule has 2 aromatic carbocycles. The van der Waals surface area contributed by atoms with E-state index in [4.69, 9.17) is 0 Å². The molecule has 0 radical (unpaired) electrons. The van der Waals surface area contributed by atoms with Crippen LogP contribution in [0.4, 0.5) is 14.5 Å². The largest absolute Gasteiger partial charge is 0.324 e. The maximum absolute atomic E-state index is 13.9. The first kappa shape index (κ1) is 12.5. The second kappa shape index (κ2) is 4.85. The molecule has 0 saturated carbocycles. The van der Waals surface area contributed by atoms with Crippen LogP contribution < -0.4 is 5.32 Å². The standard InChI is InChI=1S/C15H10F2N2O/c16-10-5-3-6-11(17)14(10)15-9-4-1-2-7-12(9)19-13(20)8-18-15/h1-7H,8H2,(H,19,20). The van der Waals surface area contributed by atoms with E-state index in [1.165, 1.54) is 18.2 Å². The lowest BCUT2D eigenvalue weighted by molar-refractivity contribution is -0.114. The van der Waals surface area contributed by atoms with Gasteiger partial charge in [-0.25, -0.2) is 8.78 Å². The van der Waals surface area contributed by atoms with Gasteiger partial charge in [0.15, 0.2) is 0 Å². The molecule has 1 aliphatic heterocycles. The van der Waals surface area contributed by atoms with Crippen molar-refractivity contribution in [3.05, 3.63) is 65.2 Å². The first-order chi connectivity index (χ1) is 9.66. The average Bonchev–Trinajstić information content (AvgIpc) is 2.58. The first-order valence-corrected chi connectivity index (χ1v) is 6.05. The number of hydrogen-bond donors (Lipinski definition) is 1. The molecule has 1 aliphatic rings. The Morgan fingerprint density at radius 2 is 1.70 bits per heavy atom. The van der Waals surface area contributed by atoms with E-state index in [1.54, 1.807) is 24.3 Å². The van der Waals surface area contributed by atoms with Crippen molar-refractivity contribution in [2.45, 2.75) is 0 Å². The monoisotopic (exact) mass is 272 g/mol. The van der Waals surface area contributed by atoms with Crippen LogP contribution >= 0.6 is 0 Å². The van der Waals surface area contributed by atoms with E-state index in [0.29, 0.717) is 11.3 Å². The SMILES string of the molecule is O=C1CN=C(c2c(F)cccc2F)c2ccccc2N1. The van der Waals surface area contributed by atoms with E-state index < -0.39 is 11.6 Å². The van der Waals surface area contributed by atoms with Gasteiger partial charge in [-0.2, -0.15) is 0 Å². The molecule has 1 N–H and O–H groups in total. The second-order valence-electron chi connectivity index (χ2n) is 4.36. The summed E-state index contributed by atoms with van der Waals surface area (Å²) in [5.41, 5.74) is 0.935. The molecular formula is C15H10F2N2O. The fourth-order valence-corrected chi connectivity index (χ4v) is 2.16. The highest BCUT2D eigenvalue weighted by Crippen LogP contribution is 2.25. The van der Waals surface area contributed by atoms with Gasteiger partial charge in [0.1, 0.15) is 18.2 Å². The van der Waals surface area contributed by atoms with Crippen LogP contribution in [-0.2, 0) is 4.79 Å². The van der Waals surface area contributed by atoms with E-state index in [-0.39, 0.29) is 23.7 Å². The van der Waals surface area contributed by atoms with Crippen molar-refractivity contribution >= 4 is 17.3 Å². The number of nitrogens with zero attached hydrogens (tertiary/aromatic N) is 1. The molecule has 0 atom stereocenters. The summed E-state index contributed by atoms with van der Waals surface area (Å²) < 4.78 is 27.9. The molecule has 3 rings (SSSR count). The van der Waals surface area contributed by atoms with E-state index in [0.717, 1.165) is 0 Å². The fraction of sp³-hybridized carbons (Fsp3) is 0.0667. The maximum atomic E-state index is 13.9. The number of fused-ring (bicyclic) bond motifs is 1. The van der Waals surface area contributed by atoms with Gasteiger partial charge in [0.25, 0.3) is 0 Å². The number of carbonyl (C=O) groups excluding carboxylic acids is 1. The van der Waals surface area contributed by atoms with Crippen molar-refractivity contribution in [3.8, 4) is 0 Å². The Kier molecular flexibility index (Phi) is 3.02. The first-order valence-electron chi connectivity index (χ1n) is 6.05. The third-order valence-corrected chi connectivity index (χ3v) is 3.04. The van der Waals surface area contributed by atoms with E-state index in [2.05, 4.69) is 10.3 Å². The van der Waals surface area contributed by atoms with E-state index >= 15 is 0 Å². The lowest BCUT2D eigenvalue weighted by atomic mass is 9.99. The van der Waals surface area contributed by atoms with Crippen LogP contribution in [0, 0.1) is 11.6 Å². The highest BCUT2D eigenvalue weighted by atomic mass is 19.1. The minimum atomic E-state index is -0.701. The quantitative estimate of drug-likeness (QED) is 0.852. The summed E-state index contributed by atoms with van der Waals surface area (Å²) in [4.78, 5) is 15.6. The number of amides is 1. The molecule has 0 aliphatic carbocycles. The summed E-state index contributed by atoms with van der Waals surface area (Å²) in [5.74, 6) is -1.72. The molecule has 20 heavy (non-hydrogen) atoms. The Morgan fingerprint density at radius 3 is 2.45 bits per heavy atom. The summed E-state index contributed by atoms with van der Waals surface area (Å²) in [6, 6.07) is 10.4. The van der Waals surface area contributed by atoms with Crippen molar-refractivity contribution in [1.29, 1.82) is 0 Å². The topological polar surface area (TPSA) is 41.5 Å². The molecule has 1 amide bonds. The number of benzodiazepines with no additional fused rings is 1.